The monoisotopic (exact) mass is 411 g/mol. The van der Waals surface area contributed by atoms with Crippen molar-refractivity contribution in [2.45, 2.75) is 19.9 Å². The summed E-state index contributed by atoms with van der Waals surface area (Å²) in [6, 6.07) is 16.0. The van der Waals surface area contributed by atoms with Crippen molar-refractivity contribution in [2.24, 2.45) is 0 Å². The van der Waals surface area contributed by atoms with E-state index in [2.05, 4.69) is 10.6 Å². The van der Waals surface area contributed by atoms with E-state index in [1.165, 1.54) is 6.07 Å². The molecule has 0 aliphatic heterocycles. The first-order valence-electron chi connectivity index (χ1n) is 9.67. The lowest BCUT2D eigenvalue weighted by atomic mass is 10.1. The molecule has 0 saturated carbocycles. The van der Waals surface area contributed by atoms with Gasteiger partial charge in [0.1, 0.15) is 17.3 Å². The van der Waals surface area contributed by atoms with Crippen LogP contribution in [0, 0.1) is 11.6 Å². The average Bonchev–Trinajstić information content (AvgIpc) is 2.74. The Kier molecular flexibility index (Phi) is 6.74. The summed E-state index contributed by atoms with van der Waals surface area (Å²) in [7, 11) is 0. The Morgan fingerprint density at radius 2 is 1.57 bits per heavy atom. The molecule has 0 spiro atoms. The minimum atomic E-state index is -0.854. The molecule has 3 aromatic rings. The lowest BCUT2D eigenvalue weighted by Crippen LogP contribution is -2.45. The maximum Gasteiger partial charge on any atom is 0.241 e. The Hall–Kier alpha value is -3.32. The summed E-state index contributed by atoms with van der Waals surface area (Å²) in [5.74, 6) is -2.59. The van der Waals surface area contributed by atoms with Crippen LogP contribution in [0.1, 0.15) is 13.8 Å². The maximum absolute atomic E-state index is 13.8. The van der Waals surface area contributed by atoms with Gasteiger partial charge in [-0.1, -0.05) is 49.4 Å². The lowest BCUT2D eigenvalue weighted by Gasteiger charge is -2.26. The Bertz CT molecular complexity index is 1050. The molecule has 0 aromatic heterocycles. The third kappa shape index (κ3) is 4.80. The van der Waals surface area contributed by atoms with Crippen molar-refractivity contribution in [1.29, 1.82) is 0 Å². The van der Waals surface area contributed by atoms with Gasteiger partial charge >= 0.3 is 0 Å². The first-order chi connectivity index (χ1) is 14.4. The number of para-hydroxylation sites is 1. The molecule has 5 nitrogen and oxygen atoms in total. The zero-order chi connectivity index (χ0) is 21.7. The van der Waals surface area contributed by atoms with E-state index >= 15 is 0 Å². The van der Waals surface area contributed by atoms with Gasteiger partial charge in [0, 0.05) is 11.1 Å². The molecule has 0 bridgehead atoms. The maximum atomic E-state index is 13.8. The van der Waals surface area contributed by atoms with E-state index < -0.39 is 29.3 Å². The van der Waals surface area contributed by atoms with Crippen LogP contribution >= 0.6 is 0 Å². The Balaban J connectivity index is 1.68. The predicted molar refractivity (Wildman–Crippen MR) is 114 cm³/mol. The highest BCUT2D eigenvalue weighted by Gasteiger charge is 2.23. The summed E-state index contributed by atoms with van der Waals surface area (Å²) in [4.78, 5) is 26.7. The third-order valence-electron chi connectivity index (χ3n) is 4.95. The number of rotatable bonds is 7. The van der Waals surface area contributed by atoms with Gasteiger partial charge in [0.2, 0.25) is 11.8 Å². The van der Waals surface area contributed by atoms with Crippen LogP contribution < -0.4 is 10.6 Å². The fourth-order valence-corrected chi connectivity index (χ4v) is 3.24. The molecular formula is C23H23F2N3O2. The van der Waals surface area contributed by atoms with Crippen LogP contribution in [0.15, 0.2) is 60.7 Å². The van der Waals surface area contributed by atoms with Crippen LogP contribution in [0.3, 0.4) is 0 Å². The van der Waals surface area contributed by atoms with Crippen LogP contribution in [0.4, 0.5) is 20.2 Å². The van der Waals surface area contributed by atoms with Gasteiger partial charge < -0.3 is 10.6 Å². The standard InChI is InChI=1S/C23H23F2N3O2/c1-3-28(14-21(29)27-22-18(24)11-7-12-19(22)25)15(2)23(30)26-20-13-6-9-16-8-4-5-10-17(16)20/h4-13,15H,3,14H2,1-2H3,(H,26,30)(H,27,29). The van der Waals surface area contributed by atoms with Crippen molar-refractivity contribution in [1.82, 2.24) is 4.90 Å². The minimum absolute atomic E-state index is 0.186. The van der Waals surface area contributed by atoms with Crippen molar-refractivity contribution in [3.63, 3.8) is 0 Å². The minimum Gasteiger partial charge on any atom is -0.324 e. The number of amides is 2. The van der Waals surface area contributed by atoms with Gasteiger partial charge in [0.15, 0.2) is 0 Å². The van der Waals surface area contributed by atoms with Gasteiger partial charge in [-0.05, 0) is 37.1 Å². The van der Waals surface area contributed by atoms with Gasteiger partial charge in [0.25, 0.3) is 0 Å². The van der Waals surface area contributed by atoms with Gasteiger partial charge in [0.05, 0.1) is 12.6 Å². The number of carbonyl (C=O) groups is 2. The van der Waals surface area contributed by atoms with Gasteiger partial charge in [-0.25, -0.2) is 8.78 Å². The fraction of sp³-hybridized carbons (Fsp3) is 0.217. The van der Waals surface area contributed by atoms with E-state index in [1.807, 2.05) is 42.5 Å². The summed E-state index contributed by atoms with van der Waals surface area (Å²) in [5, 5.41) is 7.07. The molecule has 3 aromatic carbocycles. The van der Waals surface area contributed by atoms with Gasteiger partial charge in [-0.2, -0.15) is 0 Å². The highest BCUT2D eigenvalue weighted by molar-refractivity contribution is 6.04. The van der Waals surface area contributed by atoms with Crippen LogP contribution in [0.2, 0.25) is 0 Å². The molecule has 156 valence electrons. The van der Waals surface area contributed by atoms with E-state index in [-0.39, 0.29) is 12.5 Å². The molecule has 0 saturated heterocycles. The quantitative estimate of drug-likeness (QED) is 0.606. The molecule has 3 rings (SSSR count). The second-order valence-corrected chi connectivity index (χ2v) is 6.90. The number of anilines is 2. The Morgan fingerprint density at radius 3 is 2.27 bits per heavy atom. The van der Waals surface area contributed by atoms with E-state index in [4.69, 9.17) is 0 Å². The Morgan fingerprint density at radius 1 is 0.933 bits per heavy atom. The summed E-state index contributed by atoms with van der Waals surface area (Å²) in [6.07, 6.45) is 0. The first-order valence-corrected chi connectivity index (χ1v) is 9.67. The van der Waals surface area contributed by atoms with Crippen molar-refractivity contribution in [3.05, 3.63) is 72.3 Å². The predicted octanol–water partition coefficient (Wildman–Crippen LogP) is 4.41. The second kappa shape index (κ2) is 9.45. The topological polar surface area (TPSA) is 61.4 Å². The van der Waals surface area contributed by atoms with Crippen LogP contribution in [-0.4, -0.2) is 35.8 Å². The zero-order valence-electron chi connectivity index (χ0n) is 16.8. The third-order valence-corrected chi connectivity index (χ3v) is 4.95. The molecule has 0 radical (unpaired) electrons. The number of nitrogens with zero attached hydrogens (tertiary/aromatic N) is 1. The van der Waals surface area contributed by atoms with Crippen molar-refractivity contribution < 1.29 is 18.4 Å². The summed E-state index contributed by atoms with van der Waals surface area (Å²) >= 11 is 0. The molecule has 0 heterocycles. The molecule has 0 aliphatic rings. The summed E-state index contributed by atoms with van der Waals surface area (Å²) in [5.41, 5.74) is 0.185. The van der Waals surface area contributed by atoms with E-state index in [1.54, 1.807) is 18.7 Å². The average molecular weight is 411 g/mol. The number of hydrogen-bond acceptors (Lipinski definition) is 3. The fourth-order valence-electron chi connectivity index (χ4n) is 3.24. The number of hydrogen-bond donors (Lipinski definition) is 2. The zero-order valence-corrected chi connectivity index (χ0v) is 16.8. The van der Waals surface area contributed by atoms with Crippen LogP contribution in [-0.2, 0) is 9.59 Å². The first kappa shape index (κ1) is 21.4. The summed E-state index contributed by atoms with van der Waals surface area (Å²) < 4.78 is 27.5. The number of likely N-dealkylation sites (N-methyl/N-ethyl adjacent to an activating group) is 1. The van der Waals surface area contributed by atoms with E-state index in [9.17, 15) is 18.4 Å². The molecule has 2 amide bonds. The molecule has 7 heteroatoms. The lowest BCUT2D eigenvalue weighted by molar-refractivity contribution is -0.123. The van der Waals surface area contributed by atoms with E-state index in [0.29, 0.717) is 12.2 Å². The number of fused-ring (bicyclic) bond motifs is 1. The largest absolute Gasteiger partial charge is 0.324 e. The van der Waals surface area contributed by atoms with Crippen molar-refractivity contribution in [2.75, 3.05) is 23.7 Å². The normalized spacial score (nSPS) is 12.0. The molecule has 30 heavy (non-hydrogen) atoms. The number of carbonyl (C=O) groups excluding carboxylic acids is 2. The molecule has 2 N–H and O–H groups in total. The van der Waals surface area contributed by atoms with Gasteiger partial charge in [-0.3, -0.25) is 14.5 Å². The second-order valence-electron chi connectivity index (χ2n) is 6.90. The highest BCUT2D eigenvalue weighted by atomic mass is 19.1. The number of nitrogens with one attached hydrogen (secondary N) is 2. The molecule has 1 atom stereocenters. The van der Waals surface area contributed by atoms with Crippen LogP contribution in [0.5, 0.6) is 0 Å². The number of benzene rings is 3. The highest BCUT2D eigenvalue weighted by Crippen LogP contribution is 2.23. The van der Waals surface area contributed by atoms with Crippen molar-refractivity contribution in [3.8, 4) is 0 Å². The summed E-state index contributed by atoms with van der Waals surface area (Å²) in [6.45, 7) is 3.70. The molecule has 0 fully saturated rings. The molecule has 0 aliphatic carbocycles. The number of halogens is 2. The van der Waals surface area contributed by atoms with Gasteiger partial charge in [-0.15, -0.1) is 0 Å². The van der Waals surface area contributed by atoms with E-state index in [0.717, 1.165) is 22.9 Å². The smallest absolute Gasteiger partial charge is 0.241 e. The molecule has 1 unspecified atom stereocenters. The van der Waals surface area contributed by atoms with Crippen LogP contribution in [0.25, 0.3) is 10.8 Å². The SMILES string of the molecule is CCN(CC(=O)Nc1c(F)cccc1F)C(C)C(=O)Nc1cccc2ccccc12. The Labute approximate surface area is 173 Å². The van der Waals surface area contributed by atoms with Crippen molar-refractivity contribution >= 4 is 34.0 Å². The molecular weight excluding hydrogens is 388 g/mol.